The van der Waals surface area contributed by atoms with Crippen molar-refractivity contribution < 1.29 is 14.6 Å². The molecule has 208 valence electrons. The van der Waals surface area contributed by atoms with Crippen LogP contribution in [-0.4, -0.2) is 23.8 Å². The van der Waals surface area contributed by atoms with Crippen molar-refractivity contribution in [2.75, 3.05) is 6.61 Å². The Morgan fingerprint density at radius 3 is 2.28 bits per heavy atom. The van der Waals surface area contributed by atoms with Gasteiger partial charge in [0.05, 0.1) is 12.2 Å². The fourth-order valence-electron chi connectivity index (χ4n) is 9.65. The molecule has 0 aromatic carbocycles. The van der Waals surface area contributed by atoms with E-state index >= 15 is 0 Å². The molecular formula is C33H58O3. The predicted molar refractivity (Wildman–Crippen MR) is 151 cm³/mol. The van der Waals surface area contributed by atoms with Crippen LogP contribution in [-0.2, 0) is 9.53 Å². The minimum Gasteiger partial charge on any atom is -0.459 e. The van der Waals surface area contributed by atoms with Crippen molar-refractivity contribution in [1.29, 1.82) is 0 Å². The van der Waals surface area contributed by atoms with Gasteiger partial charge in [-0.05, 0) is 110 Å². The van der Waals surface area contributed by atoms with Gasteiger partial charge >= 0.3 is 5.97 Å². The zero-order valence-corrected chi connectivity index (χ0v) is 24.8. The van der Waals surface area contributed by atoms with Gasteiger partial charge in [-0.25, -0.2) is 4.79 Å². The maximum atomic E-state index is 12.2. The van der Waals surface area contributed by atoms with Crippen LogP contribution in [0.2, 0.25) is 0 Å². The molecule has 4 aliphatic carbocycles. The number of ether oxygens (including phenoxy) is 1. The molecule has 3 nitrogen and oxygen atoms in total. The molecule has 4 rings (SSSR count). The highest BCUT2D eigenvalue weighted by Gasteiger charge is 2.60. The summed E-state index contributed by atoms with van der Waals surface area (Å²) in [5.41, 5.74) is 1.14. The molecule has 0 amide bonds. The number of carbonyl (C=O) groups excluding carboxylic acids is 1. The van der Waals surface area contributed by atoms with Gasteiger partial charge < -0.3 is 9.84 Å². The summed E-state index contributed by atoms with van der Waals surface area (Å²) in [5.74, 6) is 5.56. The van der Waals surface area contributed by atoms with Crippen LogP contribution in [0.3, 0.4) is 0 Å². The van der Waals surface area contributed by atoms with Crippen LogP contribution >= 0.6 is 0 Å². The van der Waals surface area contributed by atoms with Gasteiger partial charge in [-0.2, -0.15) is 0 Å². The molecule has 7 unspecified atom stereocenters. The van der Waals surface area contributed by atoms with E-state index in [4.69, 9.17) is 4.74 Å². The molecular weight excluding hydrogens is 444 g/mol. The van der Waals surface area contributed by atoms with Gasteiger partial charge in [0.25, 0.3) is 0 Å². The molecule has 1 N–H and O–H groups in total. The number of aliphatic hydroxyl groups is 1. The van der Waals surface area contributed by atoms with Crippen LogP contribution in [0.4, 0.5) is 0 Å². The van der Waals surface area contributed by atoms with Gasteiger partial charge in [-0.15, -0.1) is 0 Å². The average Bonchev–Trinajstić information content (AvgIpc) is 3.22. The van der Waals surface area contributed by atoms with Crippen LogP contribution in [0.1, 0.15) is 126 Å². The highest BCUT2D eigenvalue weighted by atomic mass is 16.5. The largest absolute Gasteiger partial charge is 0.459 e. The number of esters is 1. The van der Waals surface area contributed by atoms with Crippen LogP contribution in [0.25, 0.3) is 0 Å². The lowest BCUT2D eigenvalue weighted by Crippen LogP contribution is -2.54. The smallest absolute Gasteiger partial charge is 0.336 e. The second kappa shape index (κ2) is 12.4. The van der Waals surface area contributed by atoms with Crippen molar-refractivity contribution in [3.05, 3.63) is 12.2 Å². The summed E-state index contributed by atoms with van der Waals surface area (Å²) in [6, 6.07) is 0. The Morgan fingerprint density at radius 2 is 1.61 bits per heavy atom. The molecule has 4 aliphatic rings. The monoisotopic (exact) mass is 502 g/mol. The Balaban J connectivity index is 0.00000176. The van der Waals surface area contributed by atoms with E-state index in [-0.39, 0.29) is 18.3 Å². The lowest BCUT2D eigenvalue weighted by atomic mass is 9.44. The van der Waals surface area contributed by atoms with Gasteiger partial charge in [0, 0.05) is 0 Å². The second-order valence-electron chi connectivity index (χ2n) is 13.8. The summed E-state index contributed by atoms with van der Waals surface area (Å²) in [6.45, 7) is 19.9. The Labute approximate surface area is 223 Å². The molecule has 9 atom stereocenters. The topological polar surface area (TPSA) is 46.5 Å². The quantitative estimate of drug-likeness (QED) is 0.267. The van der Waals surface area contributed by atoms with E-state index in [2.05, 4.69) is 41.2 Å². The maximum absolute atomic E-state index is 12.2. The molecule has 36 heavy (non-hydrogen) atoms. The van der Waals surface area contributed by atoms with Gasteiger partial charge in [-0.3, -0.25) is 0 Å². The number of rotatable bonds is 8. The van der Waals surface area contributed by atoms with E-state index in [9.17, 15) is 9.90 Å². The molecule has 0 bridgehead atoms. The van der Waals surface area contributed by atoms with Gasteiger partial charge in [-0.1, -0.05) is 74.3 Å². The first kappa shape index (κ1) is 29.7. The molecule has 0 radical (unpaired) electrons. The number of aliphatic hydroxyl groups excluding tert-OH is 1. The van der Waals surface area contributed by atoms with E-state index < -0.39 is 5.97 Å². The first-order valence-electron chi connectivity index (χ1n) is 15.6. The van der Waals surface area contributed by atoms with Crippen LogP contribution in [0.15, 0.2) is 12.2 Å². The summed E-state index contributed by atoms with van der Waals surface area (Å²) in [5, 5.41) is 9.20. The third kappa shape index (κ3) is 5.76. The van der Waals surface area contributed by atoms with Crippen LogP contribution < -0.4 is 0 Å². The first-order valence-corrected chi connectivity index (χ1v) is 15.6. The Morgan fingerprint density at radius 1 is 0.944 bits per heavy atom. The SMILES string of the molecule is C=C(CO)C(=O)OC1CCC2(C)C(CC[C@@H]3C2CCC2(C)C3CCC2[C@H](C)CCCC(C)C)C1.CC. The highest BCUT2D eigenvalue weighted by Crippen LogP contribution is 2.68. The van der Waals surface area contributed by atoms with Crippen molar-refractivity contribution in [2.24, 2.45) is 52.3 Å². The molecule has 0 aromatic rings. The fourth-order valence-corrected chi connectivity index (χ4v) is 9.65. The minimum atomic E-state index is -0.405. The zero-order valence-electron chi connectivity index (χ0n) is 24.8. The van der Waals surface area contributed by atoms with Crippen molar-refractivity contribution in [3.8, 4) is 0 Å². The second-order valence-corrected chi connectivity index (χ2v) is 13.8. The summed E-state index contributed by atoms with van der Waals surface area (Å²) in [4.78, 5) is 12.2. The van der Waals surface area contributed by atoms with Crippen molar-refractivity contribution in [1.82, 2.24) is 0 Å². The third-order valence-corrected chi connectivity index (χ3v) is 11.6. The van der Waals surface area contributed by atoms with E-state index in [1.54, 1.807) is 0 Å². The molecule has 0 aliphatic heterocycles. The molecule has 3 heteroatoms. The summed E-state index contributed by atoms with van der Waals surface area (Å²) in [6.07, 6.45) is 15.8. The number of carbonyl (C=O) groups is 1. The highest BCUT2D eigenvalue weighted by molar-refractivity contribution is 5.88. The molecule has 0 saturated heterocycles. The standard InChI is InChI=1S/C31H52O3.C2H6/c1-20(2)8-7-9-21(3)26-12-13-27-25-11-10-23-18-24(34-29(33)22(4)19-32)14-16-30(23,5)28(25)15-17-31(26,27)6;1-2/h20-21,23-28,32H,4,7-19H2,1-3,5-6H3;1-2H3/t21-,23?,24?,25+,26?,27?,28?,30?,31?;/m1./s1. The summed E-state index contributed by atoms with van der Waals surface area (Å²) >= 11 is 0. The van der Waals surface area contributed by atoms with Gasteiger partial charge in [0.15, 0.2) is 0 Å². The Hall–Kier alpha value is -0.830. The molecule has 4 fully saturated rings. The third-order valence-electron chi connectivity index (χ3n) is 11.6. The molecule has 0 aromatic heterocycles. The van der Waals surface area contributed by atoms with Gasteiger partial charge in [0.1, 0.15) is 6.10 Å². The van der Waals surface area contributed by atoms with Gasteiger partial charge in [0.2, 0.25) is 0 Å². The molecule has 0 spiro atoms. The lowest BCUT2D eigenvalue weighted by molar-refractivity contribution is -0.159. The Kier molecular flexibility index (Phi) is 10.2. The van der Waals surface area contributed by atoms with Crippen molar-refractivity contribution in [2.45, 2.75) is 132 Å². The van der Waals surface area contributed by atoms with Crippen LogP contribution in [0, 0.1) is 52.3 Å². The number of hydrogen-bond acceptors (Lipinski definition) is 3. The lowest BCUT2D eigenvalue weighted by Gasteiger charge is -2.61. The van der Waals surface area contributed by atoms with E-state index in [1.165, 1.54) is 64.2 Å². The summed E-state index contributed by atoms with van der Waals surface area (Å²) < 4.78 is 5.75. The fraction of sp³-hybridized carbons (Fsp3) is 0.909. The van der Waals surface area contributed by atoms with E-state index in [0.29, 0.717) is 16.7 Å². The normalized spacial score (nSPS) is 40.2. The van der Waals surface area contributed by atoms with Crippen LogP contribution in [0.5, 0.6) is 0 Å². The van der Waals surface area contributed by atoms with Crippen molar-refractivity contribution in [3.63, 3.8) is 0 Å². The van der Waals surface area contributed by atoms with Crippen molar-refractivity contribution >= 4 is 5.97 Å². The minimum absolute atomic E-state index is 0.00170. The number of fused-ring (bicyclic) bond motifs is 5. The molecule has 0 heterocycles. The maximum Gasteiger partial charge on any atom is 0.336 e. The summed E-state index contributed by atoms with van der Waals surface area (Å²) in [7, 11) is 0. The number of hydrogen-bond donors (Lipinski definition) is 1. The van der Waals surface area contributed by atoms with E-state index in [1.807, 2.05) is 13.8 Å². The zero-order chi connectivity index (χ0) is 26.7. The Bertz CT molecular complexity index is 743. The molecule has 4 saturated carbocycles. The first-order chi connectivity index (χ1) is 17.1. The predicted octanol–water partition coefficient (Wildman–Crippen LogP) is 8.59. The van der Waals surface area contributed by atoms with E-state index in [0.717, 1.165) is 48.3 Å². The average molecular weight is 503 g/mol.